The highest BCUT2D eigenvalue weighted by molar-refractivity contribution is 5.96. The molecule has 1 aliphatic rings. The average Bonchev–Trinajstić information content (AvgIpc) is 2.41. The number of nitrogens with zero attached hydrogens (tertiary/aromatic N) is 1. The summed E-state index contributed by atoms with van der Waals surface area (Å²) in [5.74, 6) is -0.380. The van der Waals surface area contributed by atoms with Gasteiger partial charge in [0.1, 0.15) is 0 Å². The van der Waals surface area contributed by atoms with Crippen LogP contribution in [-0.2, 0) is 4.79 Å². The first-order chi connectivity index (χ1) is 9.49. The third-order valence-corrected chi connectivity index (χ3v) is 3.35. The van der Waals surface area contributed by atoms with Gasteiger partial charge in [0.2, 0.25) is 5.91 Å². The molecule has 7 nitrogen and oxygen atoms in total. The average molecular weight is 277 g/mol. The molecule has 20 heavy (non-hydrogen) atoms. The Morgan fingerprint density at radius 1 is 1.50 bits per heavy atom. The minimum atomic E-state index is -0.507. The van der Waals surface area contributed by atoms with Gasteiger partial charge in [-0.25, -0.2) is 0 Å². The maximum atomic E-state index is 12.1. The lowest BCUT2D eigenvalue weighted by Crippen LogP contribution is -2.47. The van der Waals surface area contributed by atoms with Crippen molar-refractivity contribution in [1.82, 2.24) is 10.6 Å². The Morgan fingerprint density at radius 2 is 2.25 bits per heavy atom. The molecule has 0 radical (unpaired) electrons. The van der Waals surface area contributed by atoms with E-state index in [9.17, 15) is 19.7 Å². The summed E-state index contributed by atoms with van der Waals surface area (Å²) in [7, 11) is 0. The molecule has 1 fully saturated rings. The van der Waals surface area contributed by atoms with Gasteiger partial charge in [-0.3, -0.25) is 19.7 Å². The van der Waals surface area contributed by atoms with Crippen molar-refractivity contribution < 1.29 is 14.5 Å². The van der Waals surface area contributed by atoms with Crippen molar-refractivity contribution in [2.45, 2.75) is 25.8 Å². The molecular formula is C13H15N3O4. The molecule has 2 rings (SSSR count). The summed E-state index contributed by atoms with van der Waals surface area (Å²) < 4.78 is 0. The van der Waals surface area contributed by atoms with Gasteiger partial charge in [0.15, 0.2) is 0 Å². The number of carbonyl (C=O) groups is 2. The summed E-state index contributed by atoms with van der Waals surface area (Å²) >= 11 is 0. The second-order valence-corrected chi connectivity index (χ2v) is 4.72. The molecule has 106 valence electrons. The first-order valence-electron chi connectivity index (χ1n) is 6.30. The largest absolute Gasteiger partial charge is 0.354 e. The Kier molecular flexibility index (Phi) is 3.97. The van der Waals surface area contributed by atoms with Crippen LogP contribution in [-0.4, -0.2) is 29.3 Å². The quantitative estimate of drug-likeness (QED) is 0.633. The SMILES string of the molecule is Cc1c(C(=O)NC2CCC(=O)NC2)cccc1[N+](=O)[O-]. The number of benzene rings is 1. The van der Waals surface area contributed by atoms with Gasteiger partial charge in [-0.05, 0) is 19.4 Å². The third-order valence-electron chi connectivity index (χ3n) is 3.35. The van der Waals surface area contributed by atoms with Gasteiger partial charge >= 0.3 is 0 Å². The van der Waals surface area contributed by atoms with Crippen molar-refractivity contribution in [1.29, 1.82) is 0 Å². The van der Waals surface area contributed by atoms with Crippen LogP contribution in [0.2, 0.25) is 0 Å². The van der Waals surface area contributed by atoms with Crippen LogP contribution < -0.4 is 10.6 Å². The van der Waals surface area contributed by atoms with E-state index in [4.69, 9.17) is 0 Å². The molecule has 1 aromatic rings. The summed E-state index contributed by atoms with van der Waals surface area (Å²) in [6.45, 7) is 1.94. The predicted molar refractivity (Wildman–Crippen MR) is 71.3 cm³/mol. The Bertz CT molecular complexity index is 561. The van der Waals surface area contributed by atoms with Gasteiger partial charge in [-0.2, -0.15) is 0 Å². The van der Waals surface area contributed by atoms with Crippen molar-refractivity contribution in [3.63, 3.8) is 0 Å². The van der Waals surface area contributed by atoms with Crippen molar-refractivity contribution in [3.05, 3.63) is 39.4 Å². The molecule has 0 bridgehead atoms. The van der Waals surface area contributed by atoms with Gasteiger partial charge in [0, 0.05) is 36.2 Å². The summed E-state index contributed by atoms with van der Waals surface area (Å²) in [4.78, 5) is 33.5. The van der Waals surface area contributed by atoms with Gasteiger partial charge in [-0.1, -0.05) is 6.07 Å². The Labute approximate surface area is 115 Å². The van der Waals surface area contributed by atoms with Crippen LogP contribution in [0.5, 0.6) is 0 Å². The number of nitrogens with one attached hydrogen (secondary N) is 2. The zero-order chi connectivity index (χ0) is 14.7. The predicted octanol–water partition coefficient (Wildman–Crippen LogP) is 0.912. The maximum absolute atomic E-state index is 12.1. The maximum Gasteiger partial charge on any atom is 0.273 e. The highest BCUT2D eigenvalue weighted by Crippen LogP contribution is 2.21. The molecule has 0 aromatic heterocycles. The number of piperidine rings is 1. The summed E-state index contributed by atoms with van der Waals surface area (Å²) in [5, 5.41) is 16.3. The van der Waals surface area contributed by atoms with Crippen molar-refractivity contribution in [2.24, 2.45) is 0 Å². The van der Waals surface area contributed by atoms with E-state index in [2.05, 4.69) is 10.6 Å². The topological polar surface area (TPSA) is 101 Å². The Hall–Kier alpha value is -2.44. The molecule has 1 unspecified atom stereocenters. The van der Waals surface area contributed by atoms with E-state index in [-0.39, 0.29) is 29.1 Å². The van der Waals surface area contributed by atoms with E-state index in [1.54, 1.807) is 13.0 Å². The Morgan fingerprint density at radius 3 is 2.85 bits per heavy atom. The lowest BCUT2D eigenvalue weighted by atomic mass is 10.0. The van der Waals surface area contributed by atoms with Crippen molar-refractivity contribution in [2.75, 3.05) is 6.54 Å². The van der Waals surface area contributed by atoms with Crippen LogP contribution in [0, 0.1) is 17.0 Å². The zero-order valence-corrected chi connectivity index (χ0v) is 11.0. The molecule has 1 aromatic carbocycles. The normalized spacial score (nSPS) is 18.2. The first-order valence-corrected chi connectivity index (χ1v) is 6.30. The van der Waals surface area contributed by atoms with Crippen LogP contribution in [0.1, 0.15) is 28.8 Å². The first kappa shape index (κ1) is 14.0. The summed E-state index contributed by atoms with van der Waals surface area (Å²) in [5.41, 5.74) is 0.556. The van der Waals surface area contributed by atoms with Crippen LogP contribution >= 0.6 is 0 Å². The highest BCUT2D eigenvalue weighted by atomic mass is 16.6. The van der Waals surface area contributed by atoms with Crippen LogP contribution in [0.25, 0.3) is 0 Å². The molecule has 1 heterocycles. The minimum absolute atomic E-state index is 0.0259. The highest BCUT2D eigenvalue weighted by Gasteiger charge is 2.23. The fraction of sp³-hybridized carbons (Fsp3) is 0.385. The fourth-order valence-electron chi connectivity index (χ4n) is 2.19. The van der Waals surface area contributed by atoms with E-state index >= 15 is 0 Å². The number of hydrogen-bond acceptors (Lipinski definition) is 4. The van der Waals surface area contributed by atoms with Crippen molar-refractivity contribution in [3.8, 4) is 0 Å². The standard InChI is InChI=1S/C13H15N3O4/c1-8-10(3-2-4-11(8)16(19)20)13(18)15-9-5-6-12(17)14-7-9/h2-4,9H,5-7H2,1H3,(H,14,17)(H,15,18). The second kappa shape index (κ2) is 5.68. The van der Waals surface area contributed by atoms with E-state index in [1.807, 2.05) is 0 Å². The number of hydrogen-bond donors (Lipinski definition) is 2. The second-order valence-electron chi connectivity index (χ2n) is 4.72. The molecular weight excluding hydrogens is 262 g/mol. The van der Waals surface area contributed by atoms with E-state index in [1.165, 1.54) is 12.1 Å². The number of carbonyl (C=O) groups excluding carboxylic acids is 2. The molecule has 1 saturated heterocycles. The molecule has 0 spiro atoms. The summed E-state index contributed by atoms with van der Waals surface area (Å²) in [6.07, 6.45) is 0.949. The van der Waals surface area contributed by atoms with Crippen LogP contribution in [0.4, 0.5) is 5.69 Å². The van der Waals surface area contributed by atoms with Crippen LogP contribution in [0.3, 0.4) is 0 Å². The minimum Gasteiger partial charge on any atom is -0.354 e. The van der Waals surface area contributed by atoms with E-state index < -0.39 is 4.92 Å². The van der Waals surface area contributed by atoms with Gasteiger partial charge < -0.3 is 10.6 Å². The number of amides is 2. The molecule has 0 aliphatic carbocycles. The Balaban J connectivity index is 2.11. The molecule has 2 amide bonds. The molecule has 7 heteroatoms. The van der Waals surface area contributed by atoms with Crippen molar-refractivity contribution >= 4 is 17.5 Å². The number of nitro benzene ring substituents is 1. The summed E-state index contributed by atoms with van der Waals surface area (Å²) in [6, 6.07) is 4.27. The zero-order valence-electron chi connectivity index (χ0n) is 11.0. The molecule has 2 N–H and O–H groups in total. The lowest BCUT2D eigenvalue weighted by Gasteiger charge is -2.23. The van der Waals surface area contributed by atoms with Gasteiger partial charge in [0.05, 0.1) is 4.92 Å². The van der Waals surface area contributed by atoms with Gasteiger partial charge in [-0.15, -0.1) is 0 Å². The number of rotatable bonds is 3. The van der Waals surface area contributed by atoms with Gasteiger partial charge in [0.25, 0.3) is 11.6 Å². The van der Waals surface area contributed by atoms with Crippen LogP contribution in [0.15, 0.2) is 18.2 Å². The molecule has 1 atom stereocenters. The molecule has 1 aliphatic heterocycles. The number of nitro groups is 1. The fourth-order valence-corrected chi connectivity index (χ4v) is 2.19. The molecule has 0 saturated carbocycles. The van der Waals surface area contributed by atoms with E-state index in [0.29, 0.717) is 24.9 Å². The smallest absolute Gasteiger partial charge is 0.273 e. The lowest BCUT2D eigenvalue weighted by molar-refractivity contribution is -0.385. The third kappa shape index (κ3) is 2.93. The monoisotopic (exact) mass is 277 g/mol. The van der Waals surface area contributed by atoms with E-state index in [0.717, 1.165) is 0 Å².